The molecule has 0 unspecified atom stereocenters. The number of carboxylic acid groups (broad SMARTS) is 1. The van der Waals surface area contributed by atoms with E-state index < -0.39 is 5.97 Å². The van der Waals surface area contributed by atoms with Gasteiger partial charge in [0.2, 0.25) is 0 Å². The van der Waals surface area contributed by atoms with E-state index >= 15 is 0 Å². The maximum Gasteiger partial charge on any atom is 0.339 e. The van der Waals surface area contributed by atoms with Crippen LogP contribution in [0.1, 0.15) is 21.5 Å². The Hall–Kier alpha value is -2.45. The van der Waals surface area contributed by atoms with E-state index in [-0.39, 0.29) is 32.4 Å². The monoisotopic (exact) mass is 513 g/mol. The van der Waals surface area contributed by atoms with Gasteiger partial charge >= 0.3 is 5.97 Å². The second-order valence-electron chi connectivity index (χ2n) is 5.40. The Bertz CT molecular complexity index is 835. The molecule has 0 saturated carbocycles. The summed E-state index contributed by atoms with van der Waals surface area (Å²) in [5.74, 6) is -1.31. The molecule has 2 aromatic carbocycles. The van der Waals surface area contributed by atoms with Crippen molar-refractivity contribution in [1.82, 2.24) is 4.98 Å². The zero-order chi connectivity index (χ0) is 16.9. The van der Waals surface area contributed by atoms with Crippen LogP contribution in [-0.2, 0) is 33.9 Å². The zero-order valence-electron chi connectivity index (χ0n) is 13.3. The first-order chi connectivity index (χ1) is 11.7. The quantitative estimate of drug-likeness (QED) is 0.487. The van der Waals surface area contributed by atoms with E-state index in [1.807, 2.05) is 24.4 Å². The van der Waals surface area contributed by atoms with Crippen molar-refractivity contribution in [3.8, 4) is 17.0 Å². The fraction of sp³-hybridized carbons (Fsp3) is 0.100. The van der Waals surface area contributed by atoms with E-state index in [4.69, 9.17) is 10.2 Å². The van der Waals surface area contributed by atoms with Crippen LogP contribution >= 0.6 is 0 Å². The molecular formula is C20H16NO3Pt-. The van der Waals surface area contributed by atoms with Gasteiger partial charge in [-0.2, -0.15) is 0 Å². The molecule has 0 saturated heterocycles. The van der Waals surface area contributed by atoms with Crippen molar-refractivity contribution in [2.75, 3.05) is 0 Å². The number of nitrogens with zero attached hydrogens (tertiary/aromatic N) is 1. The van der Waals surface area contributed by atoms with Crippen molar-refractivity contribution in [3.63, 3.8) is 0 Å². The molecule has 0 amide bonds. The summed E-state index contributed by atoms with van der Waals surface area (Å²) in [4.78, 5) is 14.7. The van der Waals surface area contributed by atoms with E-state index in [0.717, 1.165) is 18.5 Å². The zero-order valence-corrected chi connectivity index (χ0v) is 15.5. The van der Waals surface area contributed by atoms with E-state index in [9.17, 15) is 4.79 Å². The minimum absolute atomic E-state index is 0. The molecule has 0 spiro atoms. The predicted molar refractivity (Wildman–Crippen MR) is 91.0 cm³/mol. The standard InChI is InChI=1S/C13H10N.C7H6O3.Pt/c1-2-6-12-10(4-1)7-8-11-5-3-9-14-13(11)12;8-6-4-2-1-3-5(6)7(9)10;/h1-5,9H,7-8H2;1-4,8H,(H,9,10);/q-1;;. The summed E-state index contributed by atoms with van der Waals surface area (Å²) < 4.78 is 0. The summed E-state index contributed by atoms with van der Waals surface area (Å²) >= 11 is 0. The largest absolute Gasteiger partial charge is 0.507 e. The van der Waals surface area contributed by atoms with Gasteiger partial charge in [-0.3, -0.25) is 0 Å². The summed E-state index contributed by atoms with van der Waals surface area (Å²) in [7, 11) is 0. The van der Waals surface area contributed by atoms with Crippen LogP contribution in [0.25, 0.3) is 11.3 Å². The van der Waals surface area contributed by atoms with E-state index in [1.54, 1.807) is 12.1 Å². The van der Waals surface area contributed by atoms with Crippen molar-refractivity contribution in [3.05, 3.63) is 83.6 Å². The summed E-state index contributed by atoms with van der Waals surface area (Å²) in [5, 5.41) is 17.3. The number of hydrogen-bond donors (Lipinski definition) is 2. The number of carbonyl (C=O) groups is 1. The number of benzene rings is 2. The van der Waals surface area contributed by atoms with Crippen LogP contribution in [0.3, 0.4) is 0 Å². The summed E-state index contributed by atoms with van der Waals surface area (Å²) in [6, 6.07) is 19.4. The van der Waals surface area contributed by atoms with Gasteiger partial charge in [0, 0.05) is 27.3 Å². The van der Waals surface area contributed by atoms with Crippen LogP contribution in [0.5, 0.6) is 5.75 Å². The van der Waals surface area contributed by atoms with Gasteiger partial charge in [0.15, 0.2) is 0 Å². The van der Waals surface area contributed by atoms with Gasteiger partial charge in [-0.15, -0.1) is 35.4 Å². The van der Waals surface area contributed by atoms with Gasteiger partial charge in [-0.1, -0.05) is 30.2 Å². The second-order valence-corrected chi connectivity index (χ2v) is 5.40. The van der Waals surface area contributed by atoms with Gasteiger partial charge in [0.05, 0.1) is 0 Å². The number of pyridine rings is 1. The van der Waals surface area contributed by atoms with Gasteiger partial charge < -0.3 is 15.2 Å². The summed E-state index contributed by atoms with van der Waals surface area (Å²) in [6.07, 6.45) is 4.08. The summed E-state index contributed by atoms with van der Waals surface area (Å²) in [5.41, 5.74) is 4.97. The number of aromatic carboxylic acids is 1. The first kappa shape index (κ1) is 18.9. The van der Waals surface area contributed by atoms with Crippen LogP contribution in [0.2, 0.25) is 0 Å². The number of carboxylic acids is 1. The van der Waals surface area contributed by atoms with Crippen molar-refractivity contribution in [2.24, 2.45) is 0 Å². The molecule has 1 aliphatic carbocycles. The maximum atomic E-state index is 10.3. The Balaban J connectivity index is 0.000000184. The third-order valence-corrected chi connectivity index (χ3v) is 3.87. The van der Waals surface area contributed by atoms with Crippen molar-refractivity contribution < 1.29 is 36.1 Å². The molecular weight excluding hydrogens is 497 g/mol. The van der Waals surface area contributed by atoms with Crippen LogP contribution in [0.4, 0.5) is 0 Å². The molecule has 0 bridgehead atoms. The third-order valence-electron chi connectivity index (χ3n) is 3.87. The van der Waals surface area contributed by atoms with Gasteiger partial charge in [-0.25, -0.2) is 4.79 Å². The average molecular weight is 513 g/mol. The molecule has 0 fully saturated rings. The first-order valence-corrected chi connectivity index (χ1v) is 7.62. The van der Waals surface area contributed by atoms with Crippen LogP contribution < -0.4 is 0 Å². The number of hydrogen-bond acceptors (Lipinski definition) is 3. The molecule has 0 aliphatic heterocycles. The number of phenols is 1. The van der Waals surface area contributed by atoms with E-state index in [1.165, 1.54) is 28.8 Å². The van der Waals surface area contributed by atoms with Crippen molar-refractivity contribution in [1.29, 1.82) is 0 Å². The molecule has 1 aliphatic rings. The fourth-order valence-electron chi connectivity index (χ4n) is 2.69. The average Bonchev–Trinajstić information content (AvgIpc) is 2.62. The number of para-hydroxylation sites is 1. The number of aryl methyl sites for hydroxylation is 2. The Labute approximate surface area is 160 Å². The van der Waals surface area contributed by atoms with Crippen LogP contribution in [0, 0.1) is 6.07 Å². The van der Waals surface area contributed by atoms with Crippen molar-refractivity contribution >= 4 is 5.97 Å². The molecule has 4 rings (SSSR count). The fourth-order valence-corrected chi connectivity index (χ4v) is 2.69. The molecule has 0 radical (unpaired) electrons. The Kier molecular flexibility index (Phi) is 6.49. The third kappa shape index (κ3) is 4.34. The van der Waals surface area contributed by atoms with E-state index in [2.05, 4.69) is 23.2 Å². The Morgan fingerprint density at radius 1 is 1.00 bits per heavy atom. The van der Waals surface area contributed by atoms with Gasteiger partial charge in [-0.05, 0) is 30.3 Å². The van der Waals surface area contributed by atoms with Crippen LogP contribution in [-0.4, -0.2) is 21.2 Å². The topological polar surface area (TPSA) is 70.4 Å². The second kappa shape index (κ2) is 8.59. The molecule has 3 aromatic rings. The Morgan fingerprint density at radius 3 is 2.44 bits per heavy atom. The smallest absolute Gasteiger partial charge is 0.339 e. The molecule has 5 heteroatoms. The molecule has 1 aromatic heterocycles. The normalized spacial score (nSPS) is 11.0. The van der Waals surface area contributed by atoms with Gasteiger partial charge in [0.1, 0.15) is 11.3 Å². The molecule has 2 N–H and O–H groups in total. The number of aromatic nitrogens is 1. The molecule has 130 valence electrons. The molecule has 25 heavy (non-hydrogen) atoms. The maximum absolute atomic E-state index is 10.3. The summed E-state index contributed by atoms with van der Waals surface area (Å²) in [6.45, 7) is 0. The number of rotatable bonds is 1. The van der Waals surface area contributed by atoms with Crippen molar-refractivity contribution in [2.45, 2.75) is 12.8 Å². The minimum atomic E-state index is -1.11. The van der Waals surface area contributed by atoms with E-state index in [0.29, 0.717) is 0 Å². The molecule has 4 nitrogen and oxygen atoms in total. The molecule has 1 heterocycles. The first-order valence-electron chi connectivity index (χ1n) is 7.62. The number of aromatic hydroxyl groups is 1. The minimum Gasteiger partial charge on any atom is -0.507 e. The molecule has 0 atom stereocenters. The Morgan fingerprint density at radius 2 is 1.72 bits per heavy atom. The van der Waals surface area contributed by atoms with Crippen LogP contribution in [0.15, 0.2) is 60.8 Å². The SMILES string of the molecule is O=C(O)c1ccccc1O.[Pt].[c-]1cccc2c1-c1ncccc1CC2. The number of fused-ring (bicyclic) bond motifs is 3. The predicted octanol–water partition coefficient (Wildman–Crippen LogP) is 3.74. The van der Waals surface area contributed by atoms with Gasteiger partial charge in [0.25, 0.3) is 0 Å².